The lowest BCUT2D eigenvalue weighted by Gasteiger charge is -2.27. The Morgan fingerprint density at radius 2 is 1.70 bits per heavy atom. The molecule has 2 unspecified atom stereocenters. The van der Waals surface area contributed by atoms with Gasteiger partial charge in [-0.1, -0.05) is 30.7 Å². The van der Waals surface area contributed by atoms with Crippen molar-refractivity contribution < 1.29 is 19.5 Å². The summed E-state index contributed by atoms with van der Waals surface area (Å²) in [5.74, 6) is -1.45. The first-order chi connectivity index (χ1) is 16.0. The summed E-state index contributed by atoms with van der Waals surface area (Å²) in [5.41, 5.74) is 4.98. The monoisotopic (exact) mass is 435 g/mol. The number of para-hydroxylation sites is 1. The third kappa shape index (κ3) is 2.96. The molecule has 162 valence electrons. The molecule has 1 aliphatic heterocycles. The highest BCUT2D eigenvalue weighted by Crippen LogP contribution is 2.52. The molecular weight excluding hydrogens is 414 g/mol. The van der Waals surface area contributed by atoms with Gasteiger partial charge in [0.2, 0.25) is 0 Å². The standard InChI is InChI=1S/C28H21NO4/c30-26-20-11-10-17(28(32)33)15-22(20)27(31)23(26)14-16-9-12-25-21(13-16)19-7-4-8-24(19)29(25)18-5-2-1-3-6-18/h1-3,5-6,9-15,19,24H,4,7-8H2,(H,32,33)/b23-14-. The highest BCUT2D eigenvalue weighted by atomic mass is 16.4. The molecule has 1 saturated carbocycles. The van der Waals surface area contributed by atoms with Crippen LogP contribution in [0.1, 0.15) is 67.4 Å². The van der Waals surface area contributed by atoms with E-state index in [0.717, 1.165) is 18.4 Å². The topological polar surface area (TPSA) is 74.7 Å². The molecule has 1 heterocycles. The first-order valence-corrected chi connectivity index (χ1v) is 11.2. The van der Waals surface area contributed by atoms with Crippen molar-refractivity contribution in [1.82, 2.24) is 0 Å². The van der Waals surface area contributed by atoms with E-state index in [4.69, 9.17) is 0 Å². The Balaban J connectivity index is 1.40. The molecule has 3 aromatic carbocycles. The van der Waals surface area contributed by atoms with Crippen LogP contribution in [0.4, 0.5) is 11.4 Å². The number of carbonyl (C=O) groups excluding carboxylic acids is 2. The van der Waals surface area contributed by atoms with E-state index in [1.165, 1.54) is 41.6 Å². The van der Waals surface area contributed by atoms with Crippen LogP contribution in [0.5, 0.6) is 0 Å². The van der Waals surface area contributed by atoms with Gasteiger partial charge in [0.25, 0.3) is 0 Å². The van der Waals surface area contributed by atoms with Gasteiger partial charge in [-0.3, -0.25) is 9.59 Å². The molecule has 0 amide bonds. The molecule has 0 radical (unpaired) electrons. The number of fused-ring (bicyclic) bond motifs is 4. The molecule has 1 N–H and O–H groups in total. The largest absolute Gasteiger partial charge is 0.478 e. The summed E-state index contributed by atoms with van der Waals surface area (Å²) in [4.78, 5) is 39.6. The molecule has 0 aromatic heterocycles. The van der Waals surface area contributed by atoms with Crippen LogP contribution < -0.4 is 4.90 Å². The lowest BCUT2D eigenvalue weighted by atomic mass is 9.95. The van der Waals surface area contributed by atoms with Gasteiger partial charge in [-0.25, -0.2) is 4.79 Å². The van der Waals surface area contributed by atoms with Gasteiger partial charge in [-0.05, 0) is 72.5 Å². The number of carboxylic acids is 1. The first-order valence-electron chi connectivity index (χ1n) is 11.2. The number of anilines is 2. The van der Waals surface area contributed by atoms with Gasteiger partial charge in [0, 0.05) is 34.5 Å². The Morgan fingerprint density at radius 1 is 0.909 bits per heavy atom. The molecule has 0 spiro atoms. The zero-order valence-electron chi connectivity index (χ0n) is 17.8. The SMILES string of the molecule is O=C(O)c1ccc2c(c1)C(=O)/C(=C\c1ccc3c(c1)C1CCCC1N3c1ccccc1)C2=O. The van der Waals surface area contributed by atoms with E-state index in [0.29, 0.717) is 12.0 Å². The van der Waals surface area contributed by atoms with Gasteiger partial charge < -0.3 is 10.0 Å². The Morgan fingerprint density at radius 3 is 2.48 bits per heavy atom. The van der Waals surface area contributed by atoms with Crippen molar-refractivity contribution in [2.45, 2.75) is 31.2 Å². The van der Waals surface area contributed by atoms with Gasteiger partial charge in [0.05, 0.1) is 11.1 Å². The van der Waals surface area contributed by atoms with E-state index in [-0.39, 0.29) is 28.0 Å². The third-order valence-corrected chi connectivity index (χ3v) is 7.11. The number of ketones is 2. The zero-order chi connectivity index (χ0) is 22.7. The van der Waals surface area contributed by atoms with Crippen LogP contribution in [0, 0.1) is 0 Å². The van der Waals surface area contributed by atoms with Crippen molar-refractivity contribution in [3.8, 4) is 0 Å². The third-order valence-electron chi connectivity index (χ3n) is 7.11. The van der Waals surface area contributed by atoms with E-state index >= 15 is 0 Å². The van der Waals surface area contributed by atoms with Crippen LogP contribution in [0.2, 0.25) is 0 Å². The van der Waals surface area contributed by atoms with E-state index in [9.17, 15) is 19.5 Å². The van der Waals surface area contributed by atoms with Gasteiger partial charge in [0.1, 0.15) is 0 Å². The molecule has 3 aliphatic rings. The smallest absolute Gasteiger partial charge is 0.335 e. The number of allylic oxidation sites excluding steroid dienone is 1. The molecule has 33 heavy (non-hydrogen) atoms. The van der Waals surface area contributed by atoms with Crippen LogP contribution in [-0.4, -0.2) is 28.7 Å². The molecule has 2 aliphatic carbocycles. The molecule has 5 heteroatoms. The number of benzene rings is 3. The molecule has 5 nitrogen and oxygen atoms in total. The lowest BCUT2D eigenvalue weighted by molar-refractivity contribution is 0.0696. The summed E-state index contributed by atoms with van der Waals surface area (Å²) in [6.07, 6.45) is 5.10. The van der Waals surface area contributed by atoms with Crippen molar-refractivity contribution in [3.05, 3.63) is 100 Å². The number of nitrogens with zero attached hydrogens (tertiary/aromatic N) is 1. The molecular formula is C28H21NO4. The number of Topliss-reactive ketones (excluding diaryl/α,β-unsaturated/α-hetero) is 2. The fraction of sp³-hybridized carbons (Fsp3) is 0.179. The van der Waals surface area contributed by atoms with Crippen LogP contribution in [0.25, 0.3) is 6.08 Å². The fourth-order valence-electron chi connectivity index (χ4n) is 5.64. The number of carbonyl (C=O) groups is 3. The minimum absolute atomic E-state index is 0.00181. The predicted molar refractivity (Wildman–Crippen MR) is 125 cm³/mol. The molecule has 0 saturated heterocycles. The number of hydrogen-bond donors (Lipinski definition) is 1. The van der Waals surface area contributed by atoms with Crippen LogP contribution >= 0.6 is 0 Å². The fourth-order valence-corrected chi connectivity index (χ4v) is 5.64. The Bertz CT molecular complexity index is 1370. The van der Waals surface area contributed by atoms with Crippen LogP contribution in [0.3, 0.4) is 0 Å². The summed E-state index contributed by atoms with van der Waals surface area (Å²) in [6, 6.07) is 21.1. The number of carboxylic acid groups (broad SMARTS) is 1. The molecule has 1 fully saturated rings. The summed E-state index contributed by atoms with van der Waals surface area (Å²) in [5, 5.41) is 9.22. The van der Waals surface area contributed by atoms with Crippen molar-refractivity contribution in [2.75, 3.05) is 4.90 Å². The second-order valence-corrected chi connectivity index (χ2v) is 8.91. The minimum Gasteiger partial charge on any atom is -0.478 e. The summed E-state index contributed by atoms with van der Waals surface area (Å²) in [7, 11) is 0. The lowest BCUT2D eigenvalue weighted by Crippen LogP contribution is -2.26. The van der Waals surface area contributed by atoms with E-state index < -0.39 is 11.8 Å². The van der Waals surface area contributed by atoms with Gasteiger partial charge in [-0.2, -0.15) is 0 Å². The maximum Gasteiger partial charge on any atom is 0.335 e. The normalized spacial score (nSPS) is 21.9. The highest BCUT2D eigenvalue weighted by Gasteiger charge is 2.42. The Hall–Kier alpha value is -3.99. The van der Waals surface area contributed by atoms with Crippen LogP contribution in [-0.2, 0) is 0 Å². The molecule has 3 aromatic rings. The van der Waals surface area contributed by atoms with Crippen molar-refractivity contribution in [2.24, 2.45) is 0 Å². The first kappa shape index (κ1) is 19.7. The number of hydrogen-bond acceptors (Lipinski definition) is 4. The average molecular weight is 435 g/mol. The minimum atomic E-state index is -1.12. The van der Waals surface area contributed by atoms with E-state index in [1.807, 2.05) is 12.1 Å². The van der Waals surface area contributed by atoms with Crippen LogP contribution in [0.15, 0.2) is 72.3 Å². The Kier molecular flexibility index (Phi) is 4.34. The maximum atomic E-state index is 12.9. The van der Waals surface area contributed by atoms with E-state index in [2.05, 4.69) is 41.3 Å². The number of aromatic carboxylic acids is 1. The van der Waals surface area contributed by atoms with Gasteiger partial charge >= 0.3 is 5.97 Å². The predicted octanol–water partition coefficient (Wildman–Crippen LogP) is 5.64. The van der Waals surface area contributed by atoms with Gasteiger partial charge in [-0.15, -0.1) is 0 Å². The van der Waals surface area contributed by atoms with Crippen molar-refractivity contribution >= 4 is 35.0 Å². The molecule has 2 atom stereocenters. The zero-order valence-corrected chi connectivity index (χ0v) is 17.8. The van der Waals surface area contributed by atoms with Crippen molar-refractivity contribution in [3.63, 3.8) is 0 Å². The number of rotatable bonds is 3. The summed E-state index contributed by atoms with van der Waals surface area (Å²) >= 11 is 0. The van der Waals surface area contributed by atoms with E-state index in [1.54, 1.807) is 6.08 Å². The van der Waals surface area contributed by atoms with Gasteiger partial charge in [0.15, 0.2) is 11.6 Å². The molecule has 6 rings (SSSR count). The maximum absolute atomic E-state index is 12.9. The quantitative estimate of drug-likeness (QED) is 0.426. The Labute approximate surface area is 191 Å². The average Bonchev–Trinajstić information content (AvgIpc) is 3.48. The summed E-state index contributed by atoms with van der Waals surface area (Å²) < 4.78 is 0. The summed E-state index contributed by atoms with van der Waals surface area (Å²) in [6.45, 7) is 0. The second kappa shape index (κ2) is 7.27. The second-order valence-electron chi connectivity index (χ2n) is 8.91. The highest BCUT2D eigenvalue weighted by molar-refractivity contribution is 6.41. The van der Waals surface area contributed by atoms with Crippen molar-refractivity contribution in [1.29, 1.82) is 0 Å². The molecule has 0 bridgehead atoms.